The van der Waals surface area contributed by atoms with Crippen molar-refractivity contribution < 1.29 is 27.9 Å². The van der Waals surface area contributed by atoms with Crippen molar-refractivity contribution in [1.82, 2.24) is 4.90 Å². The molecule has 1 heterocycles. The number of carbonyl (C=O) groups excluding carboxylic acids is 3. The van der Waals surface area contributed by atoms with Gasteiger partial charge in [0, 0.05) is 32.0 Å². The molecule has 7 nitrogen and oxygen atoms in total. The SMILES string of the molecule is COCCCN1C(=O)c2ccc(NC(=O)Nc3ccc(F)cc3F)cc2C1=O. The Kier molecular flexibility index (Phi) is 5.65. The Balaban J connectivity index is 1.70. The third-order valence-corrected chi connectivity index (χ3v) is 4.14. The van der Waals surface area contributed by atoms with Gasteiger partial charge in [-0.05, 0) is 36.8 Å². The summed E-state index contributed by atoms with van der Waals surface area (Å²) in [4.78, 5) is 38.0. The van der Waals surface area contributed by atoms with Crippen LogP contribution in [0, 0.1) is 11.6 Å². The summed E-state index contributed by atoms with van der Waals surface area (Å²) in [6.07, 6.45) is 0.513. The molecular formula is C19H17F2N3O4. The Hall–Kier alpha value is -3.33. The number of rotatable bonds is 6. The number of hydrogen-bond acceptors (Lipinski definition) is 4. The predicted molar refractivity (Wildman–Crippen MR) is 97.3 cm³/mol. The van der Waals surface area contributed by atoms with Crippen molar-refractivity contribution in [3.8, 4) is 0 Å². The summed E-state index contributed by atoms with van der Waals surface area (Å²) in [6.45, 7) is 0.646. The molecule has 2 N–H and O–H groups in total. The molecule has 1 aliphatic rings. The Morgan fingerprint density at radius 1 is 1.04 bits per heavy atom. The molecule has 4 amide bonds. The van der Waals surface area contributed by atoms with E-state index in [1.807, 2.05) is 0 Å². The standard InChI is InChI=1S/C19H17F2N3O4/c1-28-8-2-7-24-17(25)13-5-4-12(10-14(13)18(24)26)22-19(27)23-16-6-3-11(20)9-15(16)21/h3-6,9-10H,2,7-8H2,1H3,(H2,22,23,27). The minimum atomic E-state index is -0.920. The number of fused-ring (bicyclic) bond motifs is 1. The molecule has 0 saturated carbocycles. The predicted octanol–water partition coefficient (Wildman–Crippen LogP) is 3.24. The first-order chi connectivity index (χ1) is 13.4. The number of urea groups is 1. The smallest absolute Gasteiger partial charge is 0.323 e. The third kappa shape index (κ3) is 3.99. The summed E-state index contributed by atoms with van der Waals surface area (Å²) in [5, 5.41) is 4.70. The van der Waals surface area contributed by atoms with E-state index in [-0.39, 0.29) is 29.0 Å². The Morgan fingerprint density at radius 2 is 1.79 bits per heavy atom. The Labute approximate surface area is 159 Å². The second-order valence-electron chi connectivity index (χ2n) is 6.07. The van der Waals surface area contributed by atoms with Crippen LogP contribution in [0.4, 0.5) is 25.0 Å². The van der Waals surface area contributed by atoms with Gasteiger partial charge in [0.2, 0.25) is 0 Å². The average molecular weight is 389 g/mol. The van der Waals surface area contributed by atoms with Crippen molar-refractivity contribution in [3.05, 3.63) is 59.2 Å². The molecule has 0 spiro atoms. The van der Waals surface area contributed by atoms with Crippen molar-refractivity contribution in [3.63, 3.8) is 0 Å². The molecule has 28 heavy (non-hydrogen) atoms. The molecule has 2 aromatic carbocycles. The fraction of sp³-hybridized carbons (Fsp3) is 0.211. The van der Waals surface area contributed by atoms with E-state index in [2.05, 4.69) is 10.6 Å². The van der Waals surface area contributed by atoms with Gasteiger partial charge in [-0.2, -0.15) is 0 Å². The Bertz CT molecular complexity index is 949. The summed E-state index contributed by atoms with van der Waals surface area (Å²) in [5.41, 5.74) is 0.473. The summed E-state index contributed by atoms with van der Waals surface area (Å²) >= 11 is 0. The lowest BCUT2D eigenvalue weighted by Gasteiger charge is -2.12. The molecule has 2 aromatic rings. The summed E-state index contributed by atoms with van der Waals surface area (Å²) in [5.74, 6) is -2.54. The lowest BCUT2D eigenvalue weighted by molar-refractivity contribution is 0.0638. The second kappa shape index (κ2) is 8.13. The van der Waals surface area contributed by atoms with Crippen LogP contribution in [0.25, 0.3) is 0 Å². The van der Waals surface area contributed by atoms with Gasteiger partial charge in [-0.15, -0.1) is 0 Å². The van der Waals surface area contributed by atoms with Gasteiger partial charge in [-0.3, -0.25) is 14.5 Å². The molecule has 9 heteroatoms. The molecule has 0 unspecified atom stereocenters. The van der Waals surface area contributed by atoms with Crippen molar-refractivity contribution in [2.45, 2.75) is 6.42 Å². The Morgan fingerprint density at radius 3 is 2.50 bits per heavy atom. The van der Waals surface area contributed by atoms with Crippen LogP contribution in [0.1, 0.15) is 27.1 Å². The number of methoxy groups -OCH3 is 1. The van der Waals surface area contributed by atoms with E-state index in [1.54, 1.807) is 0 Å². The van der Waals surface area contributed by atoms with E-state index in [0.29, 0.717) is 19.1 Å². The van der Waals surface area contributed by atoms with Gasteiger partial charge in [-0.1, -0.05) is 0 Å². The first-order valence-electron chi connectivity index (χ1n) is 8.43. The number of amides is 4. The van der Waals surface area contributed by atoms with Crippen LogP contribution in [0.2, 0.25) is 0 Å². The van der Waals surface area contributed by atoms with E-state index in [9.17, 15) is 23.2 Å². The van der Waals surface area contributed by atoms with Gasteiger partial charge in [0.1, 0.15) is 11.6 Å². The molecular weight excluding hydrogens is 372 g/mol. The number of benzene rings is 2. The van der Waals surface area contributed by atoms with Crippen molar-refractivity contribution in [1.29, 1.82) is 0 Å². The van der Waals surface area contributed by atoms with Gasteiger partial charge >= 0.3 is 6.03 Å². The van der Waals surface area contributed by atoms with Crippen LogP contribution in [0.3, 0.4) is 0 Å². The summed E-state index contributed by atoms with van der Waals surface area (Å²) < 4.78 is 31.5. The molecule has 146 valence electrons. The molecule has 3 rings (SSSR count). The minimum Gasteiger partial charge on any atom is -0.385 e. The number of imide groups is 1. The van der Waals surface area contributed by atoms with E-state index < -0.39 is 29.5 Å². The number of halogens is 2. The number of carbonyl (C=O) groups is 3. The number of anilines is 2. The van der Waals surface area contributed by atoms with Crippen molar-refractivity contribution in [2.75, 3.05) is 30.9 Å². The van der Waals surface area contributed by atoms with Crippen molar-refractivity contribution >= 4 is 29.2 Å². The summed E-state index contributed by atoms with van der Waals surface area (Å²) in [7, 11) is 1.53. The molecule has 0 aromatic heterocycles. The lowest BCUT2D eigenvalue weighted by atomic mass is 10.1. The lowest BCUT2D eigenvalue weighted by Crippen LogP contribution is -2.31. The van der Waals surface area contributed by atoms with Crippen LogP contribution in [0.5, 0.6) is 0 Å². The van der Waals surface area contributed by atoms with Gasteiger partial charge in [-0.25, -0.2) is 13.6 Å². The van der Waals surface area contributed by atoms with Crippen LogP contribution in [-0.4, -0.2) is 43.0 Å². The van der Waals surface area contributed by atoms with Gasteiger partial charge in [0.25, 0.3) is 11.8 Å². The zero-order valence-corrected chi connectivity index (χ0v) is 14.9. The molecule has 1 aliphatic heterocycles. The third-order valence-electron chi connectivity index (χ3n) is 4.14. The van der Waals surface area contributed by atoms with E-state index in [4.69, 9.17) is 4.74 Å². The molecule has 0 saturated heterocycles. The highest BCUT2D eigenvalue weighted by atomic mass is 19.1. The summed E-state index contributed by atoms with van der Waals surface area (Å²) in [6, 6.07) is 6.26. The number of nitrogens with zero attached hydrogens (tertiary/aromatic N) is 1. The van der Waals surface area contributed by atoms with Crippen LogP contribution in [-0.2, 0) is 4.74 Å². The van der Waals surface area contributed by atoms with Crippen LogP contribution >= 0.6 is 0 Å². The topological polar surface area (TPSA) is 87.7 Å². The number of hydrogen-bond donors (Lipinski definition) is 2. The van der Waals surface area contributed by atoms with Crippen molar-refractivity contribution in [2.24, 2.45) is 0 Å². The first kappa shape index (κ1) is 19.4. The average Bonchev–Trinajstić information content (AvgIpc) is 2.89. The van der Waals surface area contributed by atoms with Crippen LogP contribution < -0.4 is 10.6 Å². The van der Waals surface area contributed by atoms with E-state index in [1.165, 1.54) is 25.3 Å². The van der Waals surface area contributed by atoms with Gasteiger partial charge in [0.05, 0.1) is 16.8 Å². The normalized spacial score (nSPS) is 12.9. The monoisotopic (exact) mass is 389 g/mol. The zero-order valence-electron chi connectivity index (χ0n) is 14.9. The maximum Gasteiger partial charge on any atom is 0.323 e. The maximum atomic E-state index is 13.6. The van der Waals surface area contributed by atoms with Crippen LogP contribution in [0.15, 0.2) is 36.4 Å². The number of nitrogens with one attached hydrogen (secondary N) is 2. The first-order valence-corrected chi connectivity index (χ1v) is 8.43. The molecule has 0 aliphatic carbocycles. The van der Waals surface area contributed by atoms with E-state index >= 15 is 0 Å². The quantitative estimate of drug-likeness (QED) is 0.587. The molecule has 0 atom stereocenters. The molecule has 0 radical (unpaired) electrons. The fourth-order valence-electron chi connectivity index (χ4n) is 2.81. The maximum absolute atomic E-state index is 13.6. The fourth-order valence-corrected chi connectivity index (χ4v) is 2.81. The van der Waals surface area contributed by atoms with E-state index in [0.717, 1.165) is 17.0 Å². The molecule has 0 fully saturated rings. The van der Waals surface area contributed by atoms with Gasteiger partial charge < -0.3 is 15.4 Å². The number of ether oxygens (including phenoxy) is 1. The van der Waals surface area contributed by atoms with Gasteiger partial charge in [0.15, 0.2) is 0 Å². The zero-order chi connectivity index (χ0) is 20.3. The highest BCUT2D eigenvalue weighted by molar-refractivity contribution is 6.22. The highest BCUT2D eigenvalue weighted by Gasteiger charge is 2.35. The minimum absolute atomic E-state index is 0.174. The molecule has 0 bridgehead atoms. The highest BCUT2D eigenvalue weighted by Crippen LogP contribution is 2.26. The largest absolute Gasteiger partial charge is 0.385 e. The second-order valence-corrected chi connectivity index (χ2v) is 6.07.